The molecular weight excluding hydrogens is 490 g/mol. The van der Waals surface area contributed by atoms with Gasteiger partial charge in [-0.05, 0) is 18.6 Å². The second kappa shape index (κ2) is 14.6. The van der Waals surface area contributed by atoms with Gasteiger partial charge in [-0.3, -0.25) is 24.1 Å². The molecule has 1 fully saturated rings. The molecule has 13 heteroatoms. The number of rotatable bonds is 17. The normalized spacial score (nSPS) is 19.2. The van der Waals surface area contributed by atoms with Crippen LogP contribution in [0.3, 0.4) is 0 Å². The van der Waals surface area contributed by atoms with Crippen LogP contribution < -0.4 is 10.6 Å². The number of anilines is 1. The third-order valence-electron chi connectivity index (χ3n) is 5.76. The van der Waals surface area contributed by atoms with E-state index >= 15 is 0 Å². The lowest BCUT2D eigenvalue weighted by atomic mass is 10.0. The first-order chi connectivity index (χ1) is 17.9. The van der Waals surface area contributed by atoms with E-state index in [1.165, 1.54) is 0 Å². The number of carbonyl (C=O) groups is 4. The summed E-state index contributed by atoms with van der Waals surface area (Å²) in [4.78, 5) is 48.8. The van der Waals surface area contributed by atoms with Gasteiger partial charge in [-0.25, -0.2) is 0 Å². The number of hydrogen-bond donors (Lipinski definition) is 4. The first kappa shape index (κ1) is 28.5. The number of carboxylic acid groups (broad SMARTS) is 1. The van der Waals surface area contributed by atoms with Gasteiger partial charge in [0.2, 0.25) is 5.91 Å². The highest BCUT2D eigenvalue weighted by Crippen LogP contribution is 2.32. The van der Waals surface area contributed by atoms with Crippen molar-refractivity contribution in [2.45, 2.75) is 31.5 Å². The van der Waals surface area contributed by atoms with Crippen LogP contribution in [0.1, 0.15) is 40.0 Å². The van der Waals surface area contributed by atoms with Crippen LogP contribution in [0, 0.1) is 0 Å². The molecule has 4 N–H and O–H groups in total. The Hall–Kier alpha value is -3.10. The maximum Gasteiger partial charge on any atom is 0.305 e. The van der Waals surface area contributed by atoms with Crippen LogP contribution in [0.15, 0.2) is 18.2 Å². The number of ether oxygens (including phenoxy) is 4. The minimum atomic E-state index is -1.30. The van der Waals surface area contributed by atoms with Crippen LogP contribution in [0.25, 0.3) is 0 Å². The maximum atomic E-state index is 13.1. The van der Waals surface area contributed by atoms with Crippen molar-refractivity contribution in [3.63, 3.8) is 0 Å². The van der Waals surface area contributed by atoms with Crippen LogP contribution in [0.2, 0.25) is 0 Å². The molecule has 204 valence electrons. The Labute approximate surface area is 214 Å². The Kier molecular flexibility index (Phi) is 11.2. The second-order valence-electron chi connectivity index (χ2n) is 8.35. The van der Waals surface area contributed by atoms with E-state index in [2.05, 4.69) is 10.6 Å². The van der Waals surface area contributed by atoms with Crippen LogP contribution in [0.5, 0.6) is 0 Å². The average Bonchev–Trinajstić information content (AvgIpc) is 3.12. The van der Waals surface area contributed by atoms with Gasteiger partial charge in [-0.1, -0.05) is 6.07 Å². The van der Waals surface area contributed by atoms with Crippen molar-refractivity contribution >= 4 is 29.4 Å². The molecule has 2 heterocycles. The zero-order valence-electron chi connectivity index (χ0n) is 20.5. The summed E-state index contributed by atoms with van der Waals surface area (Å²) in [5.41, 5.74) is 0.992. The van der Waals surface area contributed by atoms with Crippen molar-refractivity contribution in [2.75, 3.05) is 64.7 Å². The fourth-order valence-corrected chi connectivity index (χ4v) is 3.97. The molecule has 0 spiro atoms. The molecule has 2 atom stereocenters. The summed E-state index contributed by atoms with van der Waals surface area (Å²) in [6.45, 7) is 3.10. The third-order valence-corrected chi connectivity index (χ3v) is 5.76. The Morgan fingerprint density at radius 2 is 1.57 bits per heavy atom. The highest BCUT2D eigenvalue weighted by atomic mass is 16.6. The van der Waals surface area contributed by atoms with Gasteiger partial charge in [0.1, 0.15) is 6.23 Å². The van der Waals surface area contributed by atoms with Gasteiger partial charge in [0, 0.05) is 18.7 Å². The molecule has 0 saturated carbocycles. The zero-order valence-corrected chi connectivity index (χ0v) is 20.5. The molecule has 3 amide bonds. The Balaban J connectivity index is 1.30. The molecule has 0 aliphatic carbocycles. The lowest BCUT2D eigenvalue weighted by Crippen LogP contribution is -2.57. The smallest absolute Gasteiger partial charge is 0.305 e. The molecule has 37 heavy (non-hydrogen) atoms. The van der Waals surface area contributed by atoms with E-state index < -0.39 is 30.1 Å². The van der Waals surface area contributed by atoms with Crippen molar-refractivity contribution in [3.05, 3.63) is 29.3 Å². The monoisotopic (exact) mass is 523 g/mol. The summed E-state index contributed by atoms with van der Waals surface area (Å²) in [7, 11) is 0. The van der Waals surface area contributed by atoms with Crippen molar-refractivity contribution in [1.29, 1.82) is 0 Å². The molecular formula is C24H33N3O10. The molecule has 0 bridgehead atoms. The highest BCUT2D eigenvalue weighted by molar-refractivity contribution is 6.24. The molecule has 2 aliphatic rings. The molecule has 2 unspecified atom stereocenters. The lowest BCUT2D eigenvalue weighted by Gasteiger charge is -2.33. The third kappa shape index (κ3) is 8.20. The summed E-state index contributed by atoms with van der Waals surface area (Å²) >= 11 is 0. The van der Waals surface area contributed by atoms with E-state index in [0.29, 0.717) is 58.5 Å². The minimum Gasteiger partial charge on any atom is -0.481 e. The average molecular weight is 524 g/mol. The number of nitrogens with zero attached hydrogens (tertiary/aromatic N) is 1. The molecule has 1 aromatic rings. The number of carbonyl (C=O) groups excluding carboxylic acids is 3. The minimum absolute atomic E-state index is 0.0318. The molecule has 13 nitrogen and oxygen atoms in total. The van der Waals surface area contributed by atoms with Crippen molar-refractivity contribution in [3.8, 4) is 0 Å². The maximum absolute atomic E-state index is 13.1. The molecule has 0 radical (unpaired) electrons. The van der Waals surface area contributed by atoms with Gasteiger partial charge in [-0.2, -0.15) is 0 Å². The van der Waals surface area contributed by atoms with Gasteiger partial charge < -0.3 is 39.8 Å². The molecule has 1 aromatic carbocycles. The van der Waals surface area contributed by atoms with Crippen LogP contribution >= 0.6 is 0 Å². The van der Waals surface area contributed by atoms with E-state index in [0.717, 1.165) is 4.90 Å². The number of piperidine rings is 1. The number of fused-ring (bicyclic) bond motifs is 1. The lowest BCUT2D eigenvalue weighted by molar-refractivity contribution is -0.138. The Morgan fingerprint density at radius 1 is 0.946 bits per heavy atom. The van der Waals surface area contributed by atoms with Crippen LogP contribution in [-0.4, -0.2) is 110 Å². The number of amides is 3. The van der Waals surface area contributed by atoms with Gasteiger partial charge in [0.25, 0.3) is 11.8 Å². The number of aliphatic carboxylic acids is 1. The Bertz CT molecular complexity index is 957. The predicted octanol–water partition coefficient (Wildman–Crippen LogP) is -0.167. The number of hydrogen-bond acceptors (Lipinski definition) is 10. The van der Waals surface area contributed by atoms with E-state index in [9.17, 15) is 24.3 Å². The number of imide groups is 1. The van der Waals surface area contributed by atoms with Crippen LogP contribution in [-0.2, 0) is 28.5 Å². The molecule has 2 aliphatic heterocycles. The Morgan fingerprint density at radius 3 is 2.19 bits per heavy atom. The topological polar surface area (TPSA) is 173 Å². The largest absolute Gasteiger partial charge is 0.481 e. The van der Waals surface area contributed by atoms with Gasteiger partial charge in [-0.15, -0.1) is 0 Å². The summed E-state index contributed by atoms with van der Waals surface area (Å²) < 4.78 is 21.3. The number of aliphatic hydroxyl groups is 1. The van der Waals surface area contributed by atoms with E-state index in [1.54, 1.807) is 18.2 Å². The van der Waals surface area contributed by atoms with E-state index in [-0.39, 0.29) is 42.9 Å². The first-order valence-electron chi connectivity index (χ1n) is 12.1. The number of nitrogens with one attached hydrogen (secondary N) is 2. The SMILES string of the molecule is O=C(O)CCOCCOCCOCCOCCNc1cccc2c1C(=O)N(C1CCC(=O)NC1O)C2=O. The predicted molar refractivity (Wildman–Crippen MR) is 128 cm³/mol. The number of aliphatic hydroxyl groups excluding tert-OH is 1. The quantitative estimate of drug-likeness (QED) is 0.158. The summed E-state index contributed by atoms with van der Waals surface area (Å²) in [5, 5.41) is 24.2. The van der Waals surface area contributed by atoms with E-state index in [1.807, 2.05) is 0 Å². The summed E-state index contributed by atoms with van der Waals surface area (Å²) in [6.07, 6.45) is -1.01. The van der Waals surface area contributed by atoms with Crippen LogP contribution in [0.4, 0.5) is 5.69 Å². The molecule has 1 saturated heterocycles. The van der Waals surface area contributed by atoms with Gasteiger partial charge >= 0.3 is 5.97 Å². The van der Waals surface area contributed by atoms with Crippen molar-refractivity contribution < 1.29 is 48.3 Å². The van der Waals surface area contributed by atoms with Gasteiger partial charge in [0.15, 0.2) is 0 Å². The second-order valence-corrected chi connectivity index (χ2v) is 8.35. The molecule has 0 aromatic heterocycles. The first-order valence-corrected chi connectivity index (χ1v) is 12.1. The zero-order chi connectivity index (χ0) is 26.6. The van der Waals surface area contributed by atoms with Crippen molar-refractivity contribution in [1.82, 2.24) is 10.2 Å². The standard InChI is InChI=1S/C24H33N3O10/c28-19-5-4-18(22(31)26-19)27-23(32)16-2-1-3-17(21(16)24(27)33)25-7-9-35-11-13-37-15-14-36-12-10-34-8-6-20(29)30/h1-3,18,22,25,31H,4-15H2,(H,26,28)(H,29,30). The fourth-order valence-electron chi connectivity index (χ4n) is 3.97. The number of benzene rings is 1. The fraction of sp³-hybridized carbons (Fsp3) is 0.583. The van der Waals surface area contributed by atoms with E-state index in [4.69, 9.17) is 24.1 Å². The highest BCUT2D eigenvalue weighted by Gasteiger charge is 2.45. The van der Waals surface area contributed by atoms with Crippen molar-refractivity contribution in [2.24, 2.45) is 0 Å². The van der Waals surface area contributed by atoms with Gasteiger partial charge in [0.05, 0.1) is 76.4 Å². The molecule has 3 rings (SSSR count). The number of carboxylic acids is 1. The summed E-state index contributed by atoms with van der Waals surface area (Å²) in [5.74, 6) is -2.22. The summed E-state index contributed by atoms with van der Waals surface area (Å²) in [6, 6.07) is 4.13.